The van der Waals surface area contributed by atoms with E-state index in [0.29, 0.717) is 31.7 Å². The van der Waals surface area contributed by atoms with Gasteiger partial charge in [0.2, 0.25) is 21.8 Å². The lowest BCUT2D eigenvalue weighted by Gasteiger charge is -2.34. The molecule has 0 aliphatic carbocycles. The number of benzene rings is 2. The summed E-state index contributed by atoms with van der Waals surface area (Å²) < 4.78 is 26.8. The highest BCUT2D eigenvalue weighted by Crippen LogP contribution is 2.24. The van der Waals surface area contributed by atoms with E-state index in [4.69, 9.17) is 5.73 Å². The second-order valence-electron chi connectivity index (χ2n) is 7.46. The Kier molecular flexibility index (Phi) is 7.09. The first-order chi connectivity index (χ1) is 14.8. The zero-order valence-corrected chi connectivity index (χ0v) is 18.6. The maximum Gasteiger partial charge on any atom is 0.243 e. The third-order valence-corrected chi connectivity index (χ3v) is 7.53. The van der Waals surface area contributed by atoms with E-state index in [0.717, 1.165) is 11.1 Å². The fourth-order valence-corrected chi connectivity index (χ4v) is 5.36. The topological polar surface area (TPSA) is 113 Å². The minimum atomic E-state index is -3.63. The van der Waals surface area contributed by atoms with Crippen LogP contribution in [0.25, 0.3) is 0 Å². The molecule has 0 radical (unpaired) electrons. The van der Waals surface area contributed by atoms with Gasteiger partial charge in [0.1, 0.15) is 0 Å². The third-order valence-electron chi connectivity index (χ3n) is 5.48. The van der Waals surface area contributed by atoms with Crippen LogP contribution in [0.3, 0.4) is 0 Å². The van der Waals surface area contributed by atoms with Gasteiger partial charge in [0.05, 0.1) is 17.5 Å². The molecule has 0 saturated carbocycles. The molecule has 31 heavy (non-hydrogen) atoms. The second-order valence-corrected chi connectivity index (χ2v) is 9.40. The fraction of sp³-hybridized carbons (Fsp3) is 0.364. The van der Waals surface area contributed by atoms with E-state index in [-0.39, 0.29) is 17.3 Å². The average Bonchev–Trinajstić information content (AvgIpc) is 2.74. The van der Waals surface area contributed by atoms with E-state index >= 15 is 0 Å². The van der Waals surface area contributed by atoms with E-state index in [1.165, 1.54) is 16.4 Å². The molecular weight excluding hydrogens is 416 g/mol. The molecule has 9 heteroatoms. The number of carbonyl (C=O) groups is 2. The molecule has 2 amide bonds. The van der Waals surface area contributed by atoms with Crippen molar-refractivity contribution in [3.8, 4) is 0 Å². The van der Waals surface area contributed by atoms with Crippen molar-refractivity contribution in [2.24, 2.45) is 5.73 Å². The zero-order valence-electron chi connectivity index (χ0n) is 17.7. The number of nitrogens with one attached hydrogen (secondary N) is 1. The number of rotatable bonds is 8. The summed E-state index contributed by atoms with van der Waals surface area (Å²) in [6.45, 7) is 4.68. The summed E-state index contributed by atoms with van der Waals surface area (Å²) in [6.07, 6.45) is 0.455. The number of primary amides is 1. The second kappa shape index (κ2) is 9.59. The number of carbonyl (C=O) groups excluding carboxylic acids is 2. The molecule has 166 valence electrons. The number of hydrogen-bond donors (Lipinski definition) is 2. The molecule has 2 aromatic carbocycles. The van der Waals surface area contributed by atoms with E-state index in [2.05, 4.69) is 5.32 Å². The van der Waals surface area contributed by atoms with Gasteiger partial charge in [-0.1, -0.05) is 44.2 Å². The van der Waals surface area contributed by atoms with Gasteiger partial charge in [-0.3, -0.25) is 14.5 Å². The Balaban J connectivity index is 1.74. The predicted octanol–water partition coefficient (Wildman–Crippen LogP) is 1.57. The number of fused-ring (bicyclic) bond motifs is 1. The van der Waals surface area contributed by atoms with Crippen LogP contribution >= 0.6 is 0 Å². The Labute approximate surface area is 183 Å². The van der Waals surface area contributed by atoms with E-state index in [1.54, 1.807) is 30.9 Å². The maximum atomic E-state index is 12.7. The minimum Gasteiger partial charge on any atom is -0.368 e. The highest BCUT2D eigenvalue weighted by Gasteiger charge is 2.31. The van der Waals surface area contributed by atoms with Crippen LogP contribution in [-0.4, -0.2) is 55.1 Å². The lowest BCUT2D eigenvalue weighted by atomic mass is 9.93. The molecule has 3 rings (SSSR count). The number of amides is 2. The summed E-state index contributed by atoms with van der Waals surface area (Å²) in [6, 6.07) is 13.4. The quantitative estimate of drug-likeness (QED) is 0.642. The predicted molar refractivity (Wildman–Crippen MR) is 119 cm³/mol. The van der Waals surface area contributed by atoms with Crippen LogP contribution in [0.5, 0.6) is 0 Å². The van der Waals surface area contributed by atoms with Gasteiger partial charge in [-0.05, 0) is 35.7 Å². The molecular formula is C22H28N4O4S. The first kappa shape index (κ1) is 22.9. The molecule has 0 unspecified atom stereocenters. The zero-order chi connectivity index (χ0) is 22.6. The number of anilines is 1. The molecule has 0 fully saturated rings. The van der Waals surface area contributed by atoms with Gasteiger partial charge >= 0.3 is 0 Å². The lowest BCUT2D eigenvalue weighted by Crippen LogP contribution is -2.50. The van der Waals surface area contributed by atoms with Crippen LogP contribution in [-0.2, 0) is 32.6 Å². The molecule has 1 atom stereocenters. The van der Waals surface area contributed by atoms with Crippen LogP contribution in [0.4, 0.5) is 5.69 Å². The van der Waals surface area contributed by atoms with Crippen molar-refractivity contribution in [2.75, 3.05) is 25.0 Å². The molecule has 2 aromatic rings. The fourth-order valence-electron chi connectivity index (χ4n) is 3.86. The lowest BCUT2D eigenvalue weighted by molar-refractivity contribution is -0.125. The molecule has 0 bridgehead atoms. The largest absolute Gasteiger partial charge is 0.368 e. The van der Waals surface area contributed by atoms with E-state index in [1.807, 2.05) is 24.3 Å². The average molecular weight is 445 g/mol. The van der Waals surface area contributed by atoms with Gasteiger partial charge in [-0.25, -0.2) is 8.42 Å². The molecule has 0 saturated heterocycles. The highest BCUT2D eigenvalue weighted by molar-refractivity contribution is 7.89. The van der Waals surface area contributed by atoms with Crippen molar-refractivity contribution >= 4 is 27.5 Å². The minimum absolute atomic E-state index is 0.0328. The van der Waals surface area contributed by atoms with Crippen molar-refractivity contribution in [1.82, 2.24) is 9.21 Å². The van der Waals surface area contributed by atoms with Gasteiger partial charge < -0.3 is 11.1 Å². The number of sulfonamides is 1. The van der Waals surface area contributed by atoms with Crippen molar-refractivity contribution in [1.29, 1.82) is 0 Å². The van der Waals surface area contributed by atoms with Crippen molar-refractivity contribution in [3.63, 3.8) is 0 Å². The summed E-state index contributed by atoms with van der Waals surface area (Å²) in [5.74, 6) is -0.822. The summed E-state index contributed by atoms with van der Waals surface area (Å²) in [4.78, 5) is 26.5. The van der Waals surface area contributed by atoms with Gasteiger partial charge in [-0.15, -0.1) is 0 Å². The number of hydrogen-bond acceptors (Lipinski definition) is 5. The summed E-state index contributed by atoms with van der Waals surface area (Å²) >= 11 is 0. The Morgan fingerprint density at radius 2 is 1.77 bits per heavy atom. The monoisotopic (exact) mass is 444 g/mol. The Hall–Kier alpha value is -2.75. The Morgan fingerprint density at radius 1 is 1.10 bits per heavy atom. The normalized spacial score (nSPS) is 16.7. The molecule has 8 nitrogen and oxygen atoms in total. The van der Waals surface area contributed by atoms with Crippen molar-refractivity contribution < 1.29 is 18.0 Å². The van der Waals surface area contributed by atoms with Crippen LogP contribution in [0, 0.1) is 0 Å². The van der Waals surface area contributed by atoms with E-state index in [9.17, 15) is 18.0 Å². The number of nitrogens with zero attached hydrogens (tertiary/aromatic N) is 2. The van der Waals surface area contributed by atoms with Crippen molar-refractivity contribution in [3.05, 3.63) is 59.7 Å². The summed E-state index contributed by atoms with van der Waals surface area (Å²) in [7, 11) is -3.63. The van der Waals surface area contributed by atoms with Gasteiger partial charge in [0.25, 0.3) is 0 Å². The Morgan fingerprint density at radius 3 is 2.42 bits per heavy atom. The number of nitrogens with two attached hydrogens (primary N) is 1. The smallest absolute Gasteiger partial charge is 0.243 e. The van der Waals surface area contributed by atoms with Gasteiger partial charge in [0, 0.05) is 25.3 Å². The first-order valence-electron chi connectivity index (χ1n) is 10.3. The SMILES string of the molecule is CCN(CC)S(=O)(=O)c1cccc(NC(=O)CN2Cc3ccccc3C[C@H]2C(N)=O)c1. The van der Waals surface area contributed by atoms with E-state index < -0.39 is 22.0 Å². The molecule has 1 aliphatic rings. The highest BCUT2D eigenvalue weighted by atomic mass is 32.2. The summed E-state index contributed by atoms with van der Waals surface area (Å²) in [5, 5.41) is 2.74. The maximum absolute atomic E-state index is 12.7. The Bertz CT molecular complexity index is 1070. The van der Waals surface area contributed by atoms with Crippen LogP contribution in [0.15, 0.2) is 53.4 Å². The molecule has 0 aromatic heterocycles. The summed E-state index contributed by atoms with van der Waals surface area (Å²) in [5.41, 5.74) is 8.07. The van der Waals surface area contributed by atoms with Gasteiger partial charge in [0.15, 0.2) is 0 Å². The van der Waals surface area contributed by atoms with Crippen LogP contribution in [0.2, 0.25) is 0 Å². The van der Waals surface area contributed by atoms with Gasteiger partial charge in [-0.2, -0.15) is 4.31 Å². The molecule has 1 aliphatic heterocycles. The molecule has 0 spiro atoms. The standard InChI is InChI=1S/C22H28N4O4S/c1-3-26(4-2)31(29,30)19-11-7-10-18(13-19)24-21(27)15-25-14-17-9-6-5-8-16(17)12-20(25)22(23)28/h5-11,13,20H,3-4,12,14-15H2,1-2H3,(H2,23,28)(H,24,27)/t20-/m0/s1. The first-order valence-corrected chi connectivity index (χ1v) is 11.7. The van der Waals surface area contributed by atoms with Crippen LogP contribution < -0.4 is 11.1 Å². The van der Waals surface area contributed by atoms with Crippen LogP contribution in [0.1, 0.15) is 25.0 Å². The molecule has 3 N–H and O–H groups in total. The molecule has 1 heterocycles. The third kappa shape index (κ3) is 5.12. The van der Waals surface area contributed by atoms with Crippen molar-refractivity contribution in [2.45, 2.75) is 37.8 Å².